The molecule has 2 aromatic carbocycles. The Hall–Kier alpha value is -2.44. The zero-order valence-electron chi connectivity index (χ0n) is 15.8. The van der Waals surface area contributed by atoms with Crippen LogP contribution in [-0.2, 0) is 0 Å². The van der Waals surface area contributed by atoms with E-state index >= 15 is 0 Å². The summed E-state index contributed by atoms with van der Waals surface area (Å²) in [6.07, 6.45) is 0. The van der Waals surface area contributed by atoms with Crippen molar-refractivity contribution in [1.29, 1.82) is 0 Å². The number of rotatable bonds is 6. The van der Waals surface area contributed by atoms with E-state index in [1.807, 2.05) is 24.3 Å². The van der Waals surface area contributed by atoms with E-state index < -0.39 is 0 Å². The highest BCUT2D eigenvalue weighted by Crippen LogP contribution is 2.24. The fourth-order valence-corrected chi connectivity index (χ4v) is 3.31. The molecule has 1 amide bonds. The summed E-state index contributed by atoms with van der Waals surface area (Å²) in [5.74, 6) is 0.272. The third-order valence-corrected chi connectivity index (χ3v) is 5.04. The maximum Gasteiger partial charge on any atom is 0.251 e. The Morgan fingerprint density at radius 1 is 1.07 bits per heavy atom. The van der Waals surface area contributed by atoms with Crippen molar-refractivity contribution in [3.63, 3.8) is 0 Å². The lowest BCUT2D eigenvalue weighted by molar-refractivity contribution is 0.0886. The second kappa shape index (κ2) is 8.97. The number of benzene rings is 2. The highest BCUT2D eigenvalue weighted by atomic mass is 19.1. The predicted octanol–water partition coefficient (Wildman–Crippen LogP) is 2.55. The summed E-state index contributed by atoms with van der Waals surface area (Å²) in [4.78, 5) is 17.1. The second-order valence-corrected chi connectivity index (χ2v) is 6.85. The molecule has 1 heterocycles. The average Bonchev–Trinajstić information content (AvgIpc) is 2.70. The Balaban J connectivity index is 1.72. The summed E-state index contributed by atoms with van der Waals surface area (Å²) in [7, 11) is 3.77. The van der Waals surface area contributed by atoms with E-state index in [9.17, 15) is 9.18 Å². The zero-order valence-corrected chi connectivity index (χ0v) is 15.8. The molecule has 1 aliphatic heterocycles. The molecule has 0 spiro atoms. The number of nitrogens with zero attached hydrogens (tertiary/aromatic N) is 2. The third kappa shape index (κ3) is 5.05. The summed E-state index contributed by atoms with van der Waals surface area (Å²) < 4.78 is 18.3. The van der Waals surface area contributed by atoms with Gasteiger partial charge in [-0.25, -0.2) is 4.39 Å². The number of hydrogen-bond donors (Lipinski definition) is 1. The maximum atomic E-state index is 13.1. The Morgan fingerprint density at radius 3 is 2.30 bits per heavy atom. The molecule has 1 atom stereocenters. The van der Waals surface area contributed by atoms with Crippen molar-refractivity contribution in [3.05, 3.63) is 65.5 Å². The number of piperazine rings is 1. The van der Waals surface area contributed by atoms with Crippen LogP contribution in [-0.4, -0.2) is 62.6 Å². The molecule has 1 fully saturated rings. The molecule has 1 aliphatic rings. The normalized spacial score (nSPS) is 16.7. The average molecular weight is 371 g/mol. The summed E-state index contributed by atoms with van der Waals surface area (Å²) in [5.41, 5.74) is 1.60. The number of halogens is 1. The molecule has 6 heteroatoms. The van der Waals surface area contributed by atoms with Gasteiger partial charge in [0.05, 0.1) is 13.2 Å². The van der Waals surface area contributed by atoms with Crippen LogP contribution in [0.3, 0.4) is 0 Å². The van der Waals surface area contributed by atoms with Crippen molar-refractivity contribution in [1.82, 2.24) is 15.1 Å². The van der Waals surface area contributed by atoms with E-state index in [-0.39, 0.29) is 17.8 Å². The van der Waals surface area contributed by atoms with Crippen LogP contribution in [0.5, 0.6) is 5.75 Å². The third-order valence-electron chi connectivity index (χ3n) is 5.04. The summed E-state index contributed by atoms with van der Waals surface area (Å²) >= 11 is 0. The van der Waals surface area contributed by atoms with Crippen LogP contribution in [0.4, 0.5) is 4.39 Å². The van der Waals surface area contributed by atoms with E-state index in [2.05, 4.69) is 22.2 Å². The smallest absolute Gasteiger partial charge is 0.251 e. The van der Waals surface area contributed by atoms with Gasteiger partial charge in [0.2, 0.25) is 0 Å². The van der Waals surface area contributed by atoms with Crippen molar-refractivity contribution < 1.29 is 13.9 Å². The lowest BCUT2D eigenvalue weighted by Gasteiger charge is -2.38. The Morgan fingerprint density at radius 2 is 1.70 bits per heavy atom. The van der Waals surface area contributed by atoms with E-state index in [1.165, 1.54) is 24.3 Å². The Kier molecular flexibility index (Phi) is 6.42. The minimum absolute atomic E-state index is 0.0778. The lowest BCUT2D eigenvalue weighted by Crippen LogP contribution is -2.48. The largest absolute Gasteiger partial charge is 0.497 e. The van der Waals surface area contributed by atoms with Crippen molar-refractivity contribution in [2.45, 2.75) is 6.04 Å². The molecule has 0 radical (unpaired) electrons. The molecule has 0 aliphatic carbocycles. The molecule has 3 rings (SSSR count). The van der Waals surface area contributed by atoms with Gasteiger partial charge in [-0.1, -0.05) is 12.1 Å². The van der Waals surface area contributed by atoms with E-state index in [4.69, 9.17) is 4.74 Å². The molecule has 2 aromatic rings. The van der Waals surface area contributed by atoms with E-state index in [0.29, 0.717) is 12.1 Å². The number of likely N-dealkylation sites (N-methyl/N-ethyl adjacent to an activating group) is 1. The fraction of sp³-hybridized carbons (Fsp3) is 0.381. The first kappa shape index (κ1) is 19.3. The number of ether oxygens (including phenoxy) is 1. The molecular weight excluding hydrogens is 345 g/mol. The number of hydrogen-bond acceptors (Lipinski definition) is 4. The van der Waals surface area contributed by atoms with Crippen molar-refractivity contribution in [3.8, 4) is 5.75 Å². The summed E-state index contributed by atoms with van der Waals surface area (Å²) in [6.45, 7) is 4.38. The summed E-state index contributed by atoms with van der Waals surface area (Å²) in [5, 5.41) is 3.01. The number of methoxy groups -OCH3 is 1. The van der Waals surface area contributed by atoms with E-state index in [1.54, 1.807) is 7.11 Å². The molecule has 0 bridgehead atoms. The Bertz CT molecular complexity index is 741. The zero-order chi connectivity index (χ0) is 19.2. The first-order valence-electron chi connectivity index (χ1n) is 9.17. The molecule has 1 saturated heterocycles. The van der Waals surface area contributed by atoms with Gasteiger partial charge in [-0.05, 0) is 49.0 Å². The standard InChI is InChI=1S/C21H26FN3O2/c1-24-11-13-25(14-12-24)20(16-5-9-19(27-2)10-6-16)15-23-21(26)17-3-7-18(22)8-4-17/h3-10,20H,11-15H2,1-2H3,(H,23,26)/t20-/m1/s1. The maximum absolute atomic E-state index is 13.1. The first-order chi connectivity index (χ1) is 13.1. The molecule has 0 saturated carbocycles. The second-order valence-electron chi connectivity index (χ2n) is 6.85. The highest BCUT2D eigenvalue weighted by Gasteiger charge is 2.24. The molecule has 5 nitrogen and oxygen atoms in total. The quantitative estimate of drug-likeness (QED) is 0.848. The van der Waals surface area contributed by atoms with Gasteiger partial charge < -0.3 is 15.0 Å². The first-order valence-corrected chi connectivity index (χ1v) is 9.17. The van der Waals surface area contributed by atoms with Crippen molar-refractivity contribution >= 4 is 5.91 Å². The van der Waals surface area contributed by atoms with Gasteiger partial charge in [0.15, 0.2) is 0 Å². The molecule has 0 aromatic heterocycles. The molecule has 0 unspecified atom stereocenters. The van der Waals surface area contributed by atoms with E-state index in [0.717, 1.165) is 37.5 Å². The summed E-state index contributed by atoms with van der Waals surface area (Å²) in [6, 6.07) is 13.7. The van der Waals surface area contributed by atoms with Gasteiger partial charge in [0, 0.05) is 38.3 Å². The monoisotopic (exact) mass is 371 g/mol. The minimum atomic E-state index is -0.347. The van der Waals surface area contributed by atoms with Gasteiger partial charge in [0.25, 0.3) is 5.91 Å². The van der Waals surface area contributed by atoms with Crippen LogP contribution in [0.15, 0.2) is 48.5 Å². The fourth-order valence-electron chi connectivity index (χ4n) is 3.31. The van der Waals surface area contributed by atoms with Crippen LogP contribution in [0, 0.1) is 5.82 Å². The van der Waals surface area contributed by atoms with Gasteiger partial charge in [-0.3, -0.25) is 9.69 Å². The van der Waals surface area contributed by atoms with Gasteiger partial charge >= 0.3 is 0 Å². The van der Waals surface area contributed by atoms with Crippen LogP contribution in [0.2, 0.25) is 0 Å². The Labute approximate surface area is 159 Å². The van der Waals surface area contributed by atoms with Crippen LogP contribution in [0.25, 0.3) is 0 Å². The van der Waals surface area contributed by atoms with Crippen LogP contribution in [0.1, 0.15) is 22.0 Å². The van der Waals surface area contributed by atoms with Crippen molar-refractivity contribution in [2.75, 3.05) is 46.9 Å². The number of nitrogens with one attached hydrogen (secondary N) is 1. The number of carbonyl (C=O) groups is 1. The van der Waals surface area contributed by atoms with Crippen molar-refractivity contribution in [2.24, 2.45) is 0 Å². The predicted molar refractivity (Wildman–Crippen MR) is 104 cm³/mol. The number of carbonyl (C=O) groups excluding carboxylic acids is 1. The van der Waals surface area contributed by atoms with Gasteiger partial charge in [0.1, 0.15) is 11.6 Å². The molecular formula is C21H26FN3O2. The SMILES string of the molecule is COc1ccc([C@@H](CNC(=O)c2ccc(F)cc2)N2CCN(C)CC2)cc1. The van der Waals surface area contributed by atoms with Gasteiger partial charge in [-0.15, -0.1) is 0 Å². The number of amides is 1. The van der Waals surface area contributed by atoms with Crippen LogP contribution < -0.4 is 10.1 Å². The topological polar surface area (TPSA) is 44.8 Å². The molecule has 1 N–H and O–H groups in total. The minimum Gasteiger partial charge on any atom is -0.497 e. The van der Waals surface area contributed by atoms with Crippen LogP contribution >= 0.6 is 0 Å². The van der Waals surface area contributed by atoms with Gasteiger partial charge in [-0.2, -0.15) is 0 Å². The molecule has 144 valence electrons. The molecule has 27 heavy (non-hydrogen) atoms. The lowest BCUT2D eigenvalue weighted by atomic mass is 10.0. The highest BCUT2D eigenvalue weighted by molar-refractivity contribution is 5.94.